The van der Waals surface area contributed by atoms with Crippen LogP contribution in [0.1, 0.15) is 18.4 Å². The molecule has 0 saturated carbocycles. The number of non-ortho nitro benzene ring substituents is 1. The van der Waals surface area contributed by atoms with Gasteiger partial charge in [0.15, 0.2) is 5.17 Å². The highest BCUT2D eigenvalue weighted by atomic mass is 32.2. The number of carbonyl (C=O) groups is 2. The summed E-state index contributed by atoms with van der Waals surface area (Å²) in [4.78, 5) is 40.8. The number of aliphatic imine (C=N–C) groups is 1. The maximum atomic E-state index is 13.0. The molecule has 2 unspecified atom stereocenters. The Balaban J connectivity index is 2.74. The standard InChI is InChI=1S/C20H22N4O6S/c1-4-8-30-19(26)17-14(10-31-20(21)22)23-11(2)15(18(25)29-3)16(17)12-6-5-7-13(9-12)24(27)28/h4-7,9,15-16H,1,8,10H2,2-3H3,(H3,21,22). The molecular weight excluding hydrogens is 424 g/mol. The van der Waals surface area contributed by atoms with Crippen molar-refractivity contribution in [2.45, 2.75) is 12.8 Å². The van der Waals surface area contributed by atoms with E-state index in [-0.39, 0.29) is 34.5 Å². The van der Waals surface area contributed by atoms with Crippen LogP contribution in [0.25, 0.3) is 0 Å². The molecule has 2 rings (SSSR count). The molecule has 0 spiro atoms. The van der Waals surface area contributed by atoms with E-state index >= 15 is 0 Å². The molecule has 31 heavy (non-hydrogen) atoms. The molecule has 1 aliphatic heterocycles. The van der Waals surface area contributed by atoms with Crippen molar-refractivity contribution in [3.05, 3.63) is 63.9 Å². The predicted molar refractivity (Wildman–Crippen MR) is 117 cm³/mol. The number of nitrogens with zero attached hydrogens (tertiary/aromatic N) is 2. The Morgan fingerprint density at radius 3 is 2.74 bits per heavy atom. The smallest absolute Gasteiger partial charge is 0.336 e. The first-order valence-corrected chi connectivity index (χ1v) is 10.0. The Kier molecular flexibility index (Phi) is 8.08. The molecule has 10 nitrogen and oxygen atoms in total. The molecule has 0 amide bonds. The lowest BCUT2D eigenvalue weighted by Gasteiger charge is -2.31. The number of nitro groups is 1. The molecule has 0 fully saturated rings. The number of hydrogen-bond acceptors (Lipinski definition) is 9. The lowest BCUT2D eigenvalue weighted by Crippen LogP contribution is -2.36. The molecule has 0 saturated heterocycles. The average molecular weight is 446 g/mol. The maximum Gasteiger partial charge on any atom is 0.336 e. The Hall–Kier alpha value is -3.47. The number of benzene rings is 1. The Morgan fingerprint density at radius 1 is 1.45 bits per heavy atom. The Morgan fingerprint density at radius 2 is 2.16 bits per heavy atom. The summed E-state index contributed by atoms with van der Waals surface area (Å²) in [6.45, 7) is 5.04. The zero-order chi connectivity index (χ0) is 23.1. The maximum absolute atomic E-state index is 13.0. The summed E-state index contributed by atoms with van der Waals surface area (Å²) in [5, 5.41) is 18.6. The quantitative estimate of drug-likeness (QED) is 0.154. The minimum absolute atomic E-state index is 0.0529. The van der Waals surface area contributed by atoms with Crippen LogP contribution in [-0.2, 0) is 19.1 Å². The van der Waals surface area contributed by atoms with E-state index in [1.807, 2.05) is 0 Å². The van der Waals surface area contributed by atoms with E-state index in [4.69, 9.17) is 20.6 Å². The molecule has 1 heterocycles. The molecule has 0 bridgehead atoms. The third-order valence-corrected chi connectivity index (χ3v) is 5.26. The van der Waals surface area contributed by atoms with Gasteiger partial charge in [-0.05, 0) is 12.5 Å². The summed E-state index contributed by atoms with van der Waals surface area (Å²) in [5.41, 5.74) is 6.28. The van der Waals surface area contributed by atoms with Crippen molar-refractivity contribution >= 4 is 40.3 Å². The number of thioether (sulfide) groups is 1. The summed E-state index contributed by atoms with van der Waals surface area (Å²) in [6, 6.07) is 5.67. The van der Waals surface area contributed by atoms with Gasteiger partial charge in [0, 0.05) is 29.5 Å². The van der Waals surface area contributed by atoms with Gasteiger partial charge < -0.3 is 15.2 Å². The van der Waals surface area contributed by atoms with Gasteiger partial charge in [-0.1, -0.05) is 36.5 Å². The van der Waals surface area contributed by atoms with Crippen molar-refractivity contribution in [1.29, 1.82) is 5.41 Å². The monoisotopic (exact) mass is 446 g/mol. The van der Waals surface area contributed by atoms with Gasteiger partial charge in [0.1, 0.15) is 12.5 Å². The number of nitrogens with two attached hydrogens (primary N) is 1. The van der Waals surface area contributed by atoms with Crippen LogP contribution in [0.4, 0.5) is 5.69 Å². The van der Waals surface area contributed by atoms with Gasteiger partial charge in [0.25, 0.3) is 5.69 Å². The first-order valence-electron chi connectivity index (χ1n) is 9.06. The van der Waals surface area contributed by atoms with Crippen LogP contribution in [0.2, 0.25) is 0 Å². The van der Waals surface area contributed by atoms with Crippen LogP contribution in [0.5, 0.6) is 0 Å². The molecule has 0 aromatic heterocycles. The van der Waals surface area contributed by atoms with Crippen molar-refractivity contribution in [2.75, 3.05) is 19.5 Å². The van der Waals surface area contributed by atoms with E-state index in [0.29, 0.717) is 11.3 Å². The SMILES string of the molecule is C=CCOC(=O)C1=C(CSC(=N)N)N=C(C)C(C(=O)OC)C1c1cccc([N+](=O)[O-])c1. The van der Waals surface area contributed by atoms with Gasteiger partial charge in [-0.15, -0.1) is 0 Å². The molecule has 2 atom stereocenters. The van der Waals surface area contributed by atoms with E-state index in [1.54, 1.807) is 13.0 Å². The number of esters is 2. The van der Waals surface area contributed by atoms with E-state index < -0.39 is 28.7 Å². The number of methoxy groups -OCH3 is 1. The fraction of sp³-hybridized carbons (Fsp3) is 0.300. The number of rotatable bonds is 8. The first kappa shape index (κ1) is 23.8. The number of amidine groups is 1. The minimum Gasteiger partial charge on any atom is -0.468 e. The van der Waals surface area contributed by atoms with Crippen molar-refractivity contribution in [3.8, 4) is 0 Å². The van der Waals surface area contributed by atoms with Crippen molar-refractivity contribution in [2.24, 2.45) is 16.6 Å². The molecule has 0 aliphatic carbocycles. The van der Waals surface area contributed by atoms with Crippen molar-refractivity contribution < 1.29 is 24.0 Å². The second-order valence-electron chi connectivity index (χ2n) is 6.48. The zero-order valence-electron chi connectivity index (χ0n) is 17.0. The summed E-state index contributed by atoms with van der Waals surface area (Å²) >= 11 is 0.949. The average Bonchev–Trinajstić information content (AvgIpc) is 2.74. The number of nitro benzene ring substituents is 1. The number of ether oxygens (including phenoxy) is 2. The Bertz CT molecular complexity index is 988. The molecule has 11 heteroatoms. The largest absolute Gasteiger partial charge is 0.468 e. The van der Waals surface area contributed by atoms with E-state index in [2.05, 4.69) is 11.6 Å². The van der Waals surface area contributed by atoms with Crippen LogP contribution >= 0.6 is 11.8 Å². The van der Waals surface area contributed by atoms with Crippen LogP contribution in [0.3, 0.4) is 0 Å². The lowest BCUT2D eigenvalue weighted by molar-refractivity contribution is -0.384. The van der Waals surface area contributed by atoms with Gasteiger partial charge in [-0.3, -0.25) is 25.3 Å². The van der Waals surface area contributed by atoms with Crippen molar-refractivity contribution in [1.82, 2.24) is 0 Å². The molecule has 1 aromatic rings. The number of nitrogens with one attached hydrogen (secondary N) is 1. The van der Waals surface area contributed by atoms with Crippen molar-refractivity contribution in [3.63, 3.8) is 0 Å². The summed E-state index contributed by atoms with van der Waals surface area (Å²) in [5.74, 6) is -3.26. The van der Waals surface area contributed by atoms with Gasteiger partial charge in [0.2, 0.25) is 0 Å². The summed E-state index contributed by atoms with van der Waals surface area (Å²) in [6.07, 6.45) is 1.39. The molecule has 164 valence electrons. The van der Waals surface area contributed by atoms with Gasteiger partial charge in [-0.25, -0.2) is 4.79 Å². The molecule has 1 aliphatic rings. The minimum atomic E-state index is -0.996. The van der Waals surface area contributed by atoms with Crippen LogP contribution in [-0.4, -0.2) is 47.2 Å². The fourth-order valence-corrected chi connectivity index (χ4v) is 3.78. The van der Waals surface area contributed by atoms with Crippen LogP contribution < -0.4 is 5.73 Å². The third kappa shape index (κ3) is 5.57. The molecule has 1 aromatic carbocycles. The second-order valence-corrected chi connectivity index (χ2v) is 7.50. The normalized spacial score (nSPS) is 18.1. The third-order valence-electron chi connectivity index (χ3n) is 4.53. The lowest BCUT2D eigenvalue weighted by atomic mass is 9.75. The van der Waals surface area contributed by atoms with Gasteiger partial charge in [0.05, 0.1) is 23.3 Å². The second kappa shape index (κ2) is 10.5. The molecule has 3 N–H and O–H groups in total. The van der Waals surface area contributed by atoms with E-state index in [9.17, 15) is 19.7 Å². The fourth-order valence-electron chi connectivity index (χ4n) is 3.27. The molecule has 0 radical (unpaired) electrons. The first-order chi connectivity index (χ1) is 14.7. The van der Waals surface area contributed by atoms with Gasteiger partial charge in [-0.2, -0.15) is 0 Å². The topological polar surface area (TPSA) is 158 Å². The summed E-state index contributed by atoms with van der Waals surface area (Å²) in [7, 11) is 1.21. The van der Waals surface area contributed by atoms with E-state index in [0.717, 1.165) is 11.8 Å². The highest BCUT2D eigenvalue weighted by Crippen LogP contribution is 2.41. The zero-order valence-corrected chi connectivity index (χ0v) is 17.8. The predicted octanol–water partition coefficient (Wildman–Crippen LogP) is 2.55. The molecular formula is C20H22N4O6S. The van der Waals surface area contributed by atoms with Crippen LogP contribution in [0, 0.1) is 21.4 Å². The Labute approximate surface area is 182 Å². The number of carbonyl (C=O) groups excluding carboxylic acids is 2. The van der Waals surface area contributed by atoms with E-state index in [1.165, 1.54) is 31.4 Å². The number of hydrogen-bond donors (Lipinski definition) is 2. The highest BCUT2D eigenvalue weighted by molar-refractivity contribution is 8.13. The summed E-state index contributed by atoms with van der Waals surface area (Å²) < 4.78 is 10.2. The van der Waals surface area contributed by atoms with Crippen LogP contribution in [0.15, 0.2) is 53.2 Å². The van der Waals surface area contributed by atoms with Gasteiger partial charge >= 0.3 is 11.9 Å². The highest BCUT2D eigenvalue weighted by Gasteiger charge is 2.43.